The van der Waals surface area contributed by atoms with Crippen molar-refractivity contribution in [2.75, 3.05) is 27.1 Å². The summed E-state index contributed by atoms with van der Waals surface area (Å²) in [5, 5.41) is 0. The zero-order valence-corrected chi connectivity index (χ0v) is 12.6. The lowest BCUT2D eigenvalue weighted by molar-refractivity contribution is 0.0489. The minimum Gasteiger partial charge on any atom is -0.486 e. The molecule has 6 heteroatoms. The first kappa shape index (κ1) is 15.2. The first-order chi connectivity index (χ1) is 11.3. The van der Waals surface area contributed by atoms with Crippen LogP contribution in [0.15, 0.2) is 36.4 Å². The van der Waals surface area contributed by atoms with Gasteiger partial charge in [-0.25, -0.2) is 0 Å². The number of carbonyl (C=O) groups is 1. The molecule has 0 atom stereocenters. The highest BCUT2D eigenvalue weighted by Crippen LogP contribution is 2.42. The Hall–Kier alpha value is -2.73. The van der Waals surface area contributed by atoms with Crippen LogP contribution in [0.2, 0.25) is 0 Å². The van der Waals surface area contributed by atoms with Crippen LogP contribution < -0.4 is 18.9 Å². The molecule has 120 valence electrons. The topological polar surface area (TPSA) is 63.2 Å². The summed E-state index contributed by atoms with van der Waals surface area (Å²) >= 11 is 0. The van der Waals surface area contributed by atoms with Gasteiger partial charge in [0.15, 0.2) is 29.8 Å². The molecule has 0 saturated carbocycles. The third kappa shape index (κ3) is 3.54. The van der Waals surface area contributed by atoms with Gasteiger partial charge in [-0.15, -0.1) is 0 Å². The smallest absolute Gasteiger partial charge is 0.188 e. The van der Waals surface area contributed by atoms with Gasteiger partial charge in [0.1, 0.15) is 25.2 Å². The van der Waals surface area contributed by atoms with Gasteiger partial charge in [0.05, 0.1) is 0 Å². The summed E-state index contributed by atoms with van der Waals surface area (Å²) in [5.41, 5.74) is 0.579. The number of rotatable bonds is 6. The van der Waals surface area contributed by atoms with Crippen LogP contribution in [0.4, 0.5) is 0 Å². The third-order valence-corrected chi connectivity index (χ3v) is 3.18. The van der Waals surface area contributed by atoms with Gasteiger partial charge >= 0.3 is 0 Å². The van der Waals surface area contributed by atoms with Crippen molar-refractivity contribution in [1.82, 2.24) is 0 Å². The Bertz CT molecular complexity index is 680. The molecule has 2 aromatic rings. The third-order valence-electron chi connectivity index (χ3n) is 3.18. The molecule has 0 spiro atoms. The quantitative estimate of drug-likeness (QED) is 0.603. The first-order valence-corrected chi connectivity index (χ1v) is 7.08. The SMILES string of the molecule is COCOc1cc2c(cc1Oc1ccc(C=O)cc1)OCCO2. The van der Waals surface area contributed by atoms with E-state index < -0.39 is 0 Å². The second-order valence-electron chi connectivity index (χ2n) is 4.78. The highest BCUT2D eigenvalue weighted by molar-refractivity contribution is 5.74. The van der Waals surface area contributed by atoms with Crippen molar-refractivity contribution < 1.29 is 28.5 Å². The Kier molecular flexibility index (Phi) is 4.63. The molecule has 1 aliphatic rings. The van der Waals surface area contributed by atoms with Crippen LogP contribution in [0.5, 0.6) is 28.7 Å². The number of fused-ring (bicyclic) bond motifs is 1. The highest BCUT2D eigenvalue weighted by Gasteiger charge is 2.18. The summed E-state index contributed by atoms with van der Waals surface area (Å²) in [4.78, 5) is 10.7. The van der Waals surface area contributed by atoms with Crippen LogP contribution in [0, 0.1) is 0 Å². The molecule has 6 nitrogen and oxygen atoms in total. The van der Waals surface area contributed by atoms with Crippen molar-refractivity contribution in [3.8, 4) is 28.7 Å². The molecule has 3 rings (SSSR count). The van der Waals surface area contributed by atoms with E-state index in [1.165, 1.54) is 7.11 Å². The Balaban J connectivity index is 1.89. The van der Waals surface area contributed by atoms with E-state index in [1.54, 1.807) is 36.4 Å². The minimum atomic E-state index is 0.0834. The molecule has 0 aliphatic carbocycles. The largest absolute Gasteiger partial charge is 0.486 e. The Morgan fingerprint density at radius 2 is 1.70 bits per heavy atom. The van der Waals surface area contributed by atoms with E-state index in [2.05, 4.69) is 0 Å². The van der Waals surface area contributed by atoms with Gasteiger partial charge in [0.25, 0.3) is 0 Å². The fraction of sp³-hybridized carbons (Fsp3) is 0.235. The average molecular weight is 316 g/mol. The van der Waals surface area contributed by atoms with Gasteiger partial charge in [0, 0.05) is 24.8 Å². The zero-order valence-electron chi connectivity index (χ0n) is 12.6. The van der Waals surface area contributed by atoms with Crippen molar-refractivity contribution in [3.63, 3.8) is 0 Å². The molecule has 0 aromatic heterocycles. The number of methoxy groups -OCH3 is 1. The highest BCUT2D eigenvalue weighted by atomic mass is 16.7. The van der Waals surface area contributed by atoms with E-state index in [-0.39, 0.29) is 6.79 Å². The van der Waals surface area contributed by atoms with E-state index in [1.807, 2.05) is 0 Å². The lowest BCUT2D eigenvalue weighted by atomic mass is 10.2. The molecule has 1 aliphatic heterocycles. The fourth-order valence-corrected chi connectivity index (χ4v) is 2.11. The molecule has 2 aromatic carbocycles. The molecule has 0 N–H and O–H groups in total. The molecule has 0 fully saturated rings. The van der Waals surface area contributed by atoms with Gasteiger partial charge in [-0.05, 0) is 24.3 Å². The number of hydrogen-bond donors (Lipinski definition) is 0. The van der Waals surface area contributed by atoms with Gasteiger partial charge in [-0.1, -0.05) is 0 Å². The zero-order chi connectivity index (χ0) is 16.1. The van der Waals surface area contributed by atoms with E-state index in [0.29, 0.717) is 47.5 Å². The lowest BCUT2D eigenvalue weighted by Gasteiger charge is -2.21. The van der Waals surface area contributed by atoms with Crippen LogP contribution in [-0.2, 0) is 4.74 Å². The van der Waals surface area contributed by atoms with Crippen molar-refractivity contribution >= 4 is 6.29 Å². The van der Waals surface area contributed by atoms with Crippen LogP contribution in [0.3, 0.4) is 0 Å². The number of carbonyl (C=O) groups excluding carboxylic acids is 1. The second-order valence-corrected chi connectivity index (χ2v) is 4.78. The van der Waals surface area contributed by atoms with E-state index in [4.69, 9.17) is 23.7 Å². The normalized spacial score (nSPS) is 12.6. The Labute approximate surface area is 133 Å². The first-order valence-electron chi connectivity index (χ1n) is 7.08. The van der Waals surface area contributed by atoms with Crippen molar-refractivity contribution in [2.45, 2.75) is 0 Å². The summed E-state index contributed by atoms with van der Waals surface area (Å²) in [6.07, 6.45) is 0.779. The molecular formula is C17H16O6. The maximum Gasteiger partial charge on any atom is 0.188 e. The van der Waals surface area contributed by atoms with E-state index in [9.17, 15) is 4.79 Å². The van der Waals surface area contributed by atoms with Crippen LogP contribution in [0.1, 0.15) is 10.4 Å². The molecule has 0 bridgehead atoms. The second kappa shape index (κ2) is 7.02. The van der Waals surface area contributed by atoms with Crippen molar-refractivity contribution in [3.05, 3.63) is 42.0 Å². The minimum absolute atomic E-state index is 0.0834. The van der Waals surface area contributed by atoms with E-state index in [0.717, 1.165) is 6.29 Å². The summed E-state index contributed by atoms with van der Waals surface area (Å²) in [5.74, 6) is 2.74. The lowest BCUT2D eigenvalue weighted by Crippen LogP contribution is -2.15. The number of ether oxygens (including phenoxy) is 5. The number of benzene rings is 2. The molecule has 0 saturated heterocycles. The molecular weight excluding hydrogens is 300 g/mol. The van der Waals surface area contributed by atoms with Crippen molar-refractivity contribution in [1.29, 1.82) is 0 Å². The van der Waals surface area contributed by atoms with E-state index >= 15 is 0 Å². The van der Waals surface area contributed by atoms with Crippen molar-refractivity contribution in [2.24, 2.45) is 0 Å². The van der Waals surface area contributed by atoms with Crippen LogP contribution in [-0.4, -0.2) is 33.4 Å². The van der Waals surface area contributed by atoms with Gasteiger partial charge < -0.3 is 23.7 Å². The Morgan fingerprint density at radius 3 is 2.30 bits per heavy atom. The Morgan fingerprint density at radius 1 is 1.04 bits per heavy atom. The molecule has 0 amide bonds. The standard InChI is InChI=1S/C17H16O6/c1-19-11-22-16-8-14-15(21-7-6-20-14)9-17(16)23-13-4-2-12(10-18)3-5-13/h2-5,8-10H,6-7,11H2,1H3. The van der Waals surface area contributed by atoms with Gasteiger partial charge in [0.2, 0.25) is 0 Å². The average Bonchev–Trinajstić information content (AvgIpc) is 2.60. The monoisotopic (exact) mass is 316 g/mol. The maximum absolute atomic E-state index is 10.7. The predicted octanol–water partition coefficient (Wildman–Crippen LogP) is 3.05. The summed E-state index contributed by atoms with van der Waals surface area (Å²) in [6.45, 7) is 1.06. The van der Waals surface area contributed by atoms with Crippen LogP contribution in [0.25, 0.3) is 0 Å². The fourth-order valence-electron chi connectivity index (χ4n) is 2.11. The summed E-state index contributed by atoms with van der Waals surface area (Å²) < 4.78 is 27.4. The molecule has 1 heterocycles. The number of aldehydes is 1. The van der Waals surface area contributed by atoms with Gasteiger partial charge in [-0.2, -0.15) is 0 Å². The number of hydrogen-bond acceptors (Lipinski definition) is 6. The maximum atomic E-state index is 10.7. The molecule has 0 unspecified atom stereocenters. The summed E-state index contributed by atoms with van der Waals surface area (Å²) in [6, 6.07) is 10.2. The predicted molar refractivity (Wildman–Crippen MR) is 81.8 cm³/mol. The van der Waals surface area contributed by atoms with Gasteiger partial charge in [-0.3, -0.25) is 4.79 Å². The summed E-state index contributed by atoms with van der Waals surface area (Å²) in [7, 11) is 1.54. The van der Waals surface area contributed by atoms with Crippen LogP contribution >= 0.6 is 0 Å². The molecule has 0 radical (unpaired) electrons. The molecule has 23 heavy (non-hydrogen) atoms.